The molecule has 1 heterocycles. The van der Waals surface area contributed by atoms with Crippen molar-refractivity contribution < 1.29 is 9.90 Å². The van der Waals surface area contributed by atoms with E-state index >= 15 is 0 Å². The SMILES string of the molecule is CC(C(=O)NCC(O)CC(C)(C)C)n1cncn1. The van der Waals surface area contributed by atoms with Gasteiger partial charge in [0.05, 0.1) is 6.10 Å². The Morgan fingerprint density at radius 1 is 1.50 bits per heavy atom. The van der Waals surface area contributed by atoms with Gasteiger partial charge in [0.25, 0.3) is 0 Å². The lowest BCUT2D eigenvalue weighted by molar-refractivity contribution is -0.124. The molecule has 0 fully saturated rings. The van der Waals surface area contributed by atoms with Crippen molar-refractivity contribution in [2.24, 2.45) is 5.41 Å². The second kappa shape index (κ2) is 5.95. The summed E-state index contributed by atoms with van der Waals surface area (Å²) < 4.78 is 1.48. The topological polar surface area (TPSA) is 80.0 Å². The Balaban J connectivity index is 2.37. The summed E-state index contributed by atoms with van der Waals surface area (Å²) in [6, 6.07) is -0.422. The molecular weight excluding hydrogens is 232 g/mol. The van der Waals surface area contributed by atoms with Gasteiger partial charge in [0, 0.05) is 6.54 Å². The lowest BCUT2D eigenvalue weighted by Crippen LogP contribution is -2.37. The largest absolute Gasteiger partial charge is 0.391 e. The summed E-state index contributed by atoms with van der Waals surface area (Å²) in [5.41, 5.74) is 0.0433. The van der Waals surface area contributed by atoms with Gasteiger partial charge in [0.2, 0.25) is 5.91 Å². The average Bonchev–Trinajstić information content (AvgIpc) is 2.75. The minimum Gasteiger partial charge on any atom is -0.391 e. The predicted octanol–water partition coefficient (Wildman–Crippen LogP) is 0.752. The number of aromatic nitrogens is 3. The molecule has 1 aromatic heterocycles. The van der Waals surface area contributed by atoms with E-state index in [1.54, 1.807) is 6.92 Å². The molecule has 2 atom stereocenters. The second-order valence-electron chi connectivity index (χ2n) is 5.72. The van der Waals surface area contributed by atoms with Gasteiger partial charge in [-0.1, -0.05) is 20.8 Å². The molecule has 0 aliphatic heterocycles. The van der Waals surface area contributed by atoms with Gasteiger partial charge in [-0.2, -0.15) is 5.10 Å². The van der Waals surface area contributed by atoms with Gasteiger partial charge in [0.1, 0.15) is 18.7 Å². The van der Waals surface area contributed by atoms with E-state index in [2.05, 4.69) is 36.2 Å². The van der Waals surface area contributed by atoms with Crippen molar-refractivity contribution in [3.63, 3.8) is 0 Å². The van der Waals surface area contributed by atoms with Crippen LogP contribution in [0.25, 0.3) is 0 Å². The van der Waals surface area contributed by atoms with Crippen molar-refractivity contribution in [2.75, 3.05) is 6.54 Å². The third-order valence-electron chi connectivity index (χ3n) is 2.57. The van der Waals surface area contributed by atoms with Crippen LogP contribution in [0.2, 0.25) is 0 Å². The van der Waals surface area contributed by atoms with Crippen molar-refractivity contribution in [3.05, 3.63) is 12.7 Å². The first-order valence-corrected chi connectivity index (χ1v) is 6.09. The highest BCUT2D eigenvalue weighted by Crippen LogP contribution is 2.20. The predicted molar refractivity (Wildman–Crippen MR) is 67.8 cm³/mol. The summed E-state index contributed by atoms with van der Waals surface area (Å²) in [5, 5.41) is 16.4. The Hall–Kier alpha value is -1.43. The zero-order valence-corrected chi connectivity index (χ0v) is 11.4. The van der Waals surface area contributed by atoms with Gasteiger partial charge in [-0.25, -0.2) is 9.67 Å². The molecule has 0 saturated carbocycles. The van der Waals surface area contributed by atoms with Crippen LogP contribution < -0.4 is 5.32 Å². The molecule has 102 valence electrons. The van der Waals surface area contributed by atoms with Crippen molar-refractivity contribution in [1.82, 2.24) is 20.1 Å². The number of amides is 1. The standard InChI is InChI=1S/C12H22N4O2/c1-9(16-8-13-7-15-16)11(18)14-6-10(17)5-12(2,3)4/h7-10,17H,5-6H2,1-4H3,(H,14,18). The quantitative estimate of drug-likeness (QED) is 0.812. The molecule has 0 aliphatic rings. The number of aliphatic hydroxyl groups excluding tert-OH is 1. The number of hydrogen-bond donors (Lipinski definition) is 2. The Labute approximate surface area is 107 Å². The fourth-order valence-electron chi connectivity index (χ4n) is 1.68. The Kier molecular flexibility index (Phi) is 4.84. The molecule has 2 unspecified atom stereocenters. The third-order valence-corrected chi connectivity index (χ3v) is 2.57. The normalized spacial score (nSPS) is 15.2. The molecule has 0 saturated heterocycles. The minimum absolute atomic E-state index is 0.0433. The van der Waals surface area contributed by atoms with Gasteiger partial charge in [-0.3, -0.25) is 4.79 Å². The van der Waals surface area contributed by atoms with E-state index in [1.807, 2.05) is 0 Å². The maximum absolute atomic E-state index is 11.8. The van der Waals surface area contributed by atoms with Crippen LogP contribution in [0, 0.1) is 5.41 Å². The second-order valence-corrected chi connectivity index (χ2v) is 5.72. The molecule has 0 radical (unpaired) electrons. The van der Waals surface area contributed by atoms with Crippen LogP contribution in [-0.2, 0) is 4.79 Å². The van der Waals surface area contributed by atoms with Crippen LogP contribution in [0.3, 0.4) is 0 Å². The maximum Gasteiger partial charge on any atom is 0.244 e. The number of rotatable bonds is 5. The van der Waals surface area contributed by atoms with E-state index in [4.69, 9.17) is 0 Å². The van der Waals surface area contributed by atoms with E-state index in [0.29, 0.717) is 6.42 Å². The highest BCUT2D eigenvalue weighted by Gasteiger charge is 2.19. The Morgan fingerprint density at radius 2 is 2.17 bits per heavy atom. The van der Waals surface area contributed by atoms with Crippen LogP contribution in [0.15, 0.2) is 12.7 Å². The number of carbonyl (C=O) groups excluding carboxylic acids is 1. The Bertz CT molecular complexity index is 370. The summed E-state index contributed by atoms with van der Waals surface area (Å²) in [4.78, 5) is 15.6. The zero-order chi connectivity index (χ0) is 13.8. The highest BCUT2D eigenvalue weighted by atomic mass is 16.3. The summed E-state index contributed by atoms with van der Waals surface area (Å²) in [7, 11) is 0. The van der Waals surface area contributed by atoms with Crippen molar-refractivity contribution >= 4 is 5.91 Å². The Morgan fingerprint density at radius 3 is 2.67 bits per heavy atom. The summed E-state index contributed by atoms with van der Waals surface area (Å²) in [6.07, 6.45) is 3.00. The van der Waals surface area contributed by atoms with E-state index in [0.717, 1.165) is 0 Å². The van der Waals surface area contributed by atoms with Gasteiger partial charge >= 0.3 is 0 Å². The molecule has 6 nitrogen and oxygen atoms in total. The van der Waals surface area contributed by atoms with Crippen LogP contribution in [-0.4, -0.2) is 38.4 Å². The zero-order valence-electron chi connectivity index (χ0n) is 11.4. The first-order valence-electron chi connectivity index (χ1n) is 6.09. The monoisotopic (exact) mass is 254 g/mol. The molecule has 0 spiro atoms. The first-order chi connectivity index (χ1) is 8.29. The molecule has 18 heavy (non-hydrogen) atoms. The highest BCUT2D eigenvalue weighted by molar-refractivity contribution is 5.79. The number of nitrogens with zero attached hydrogens (tertiary/aromatic N) is 3. The molecule has 0 bridgehead atoms. The van der Waals surface area contributed by atoms with Gasteiger partial charge in [0.15, 0.2) is 0 Å². The molecule has 2 N–H and O–H groups in total. The van der Waals surface area contributed by atoms with Crippen LogP contribution in [0.1, 0.15) is 40.2 Å². The van der Waals surface area contributed by atoms with Crippen LogP contribution >= 0.6 is 0 Å². The smallest absolute Gasteiger partial charge is 0.244 e. The van der Waals surface area contributed by atoms with E-state index in [1.165, 1.54) is 17.3 Å². The molecule has 6 heteroatoms. The fourth-order valence-corrected chi connectivity index (χ4v) is 1.68. The first kappa shape index (κ1) is 14.6. The van der Waals surface area contributed by atoms with Gasteiger partial charge in [-0.05, 0) is 18.8 Å². The lowest BCUT2D eigenvalue weighted by Gasteiger charge is -2.23. The summed E-state index contributed by atoms with van der Waals surface area (Å²) in [6.45, 7) is 8.15. The molecule has 1 rings (SSSR count). The molecule has 1 amide bonds. The van der Waals surface area contributed by atoms with Gasteiger partial charge < -0.3 is 10.4 Å². The number of aliphatic hydroxyl groups is 1. The van der Waals surface area contributed by atoms with E-state index in [-0.39, 0.29) is 17.9 Å². The van der Waals surface area contributed by atoms with Crippen LogP contribution in [0.4, 0.5) is 0 Å². The van der Waals surface area contributed by atoms with Crippen molar-refractivity contribution in [2.45, 2.75) is 46.3 Å². The van der Waals surface area contributed by atoms with Crippen LogP contribution in [0.5, 0.6) is 0 Å². The van der Waals surface area contributed by atoms with E-state index in [9.17, 15) is 9.90 Å². The number of carbonyl (C=O) groups is 1. The third kappa shape index (κ3) is 4.83. The van der Waals surface area contributed by atoms with Gasteiger partial charge in [-0.15, -0.1) is 0 Å². The van der Waals surface area contributed by atoms with Crippen molar-refractivity contribution in [1.29, 1.82) is 0 Å². The van der Waals surface area contributed by atoms with E-state index < -0.39 is 12.1 Å². The molecule has 0 aromatic carbocycles. The fraction of sp³-hybridized carbons (Fsp3) is 0.750. The minimum atomic E-state index is -0.531. The molecule has 0 aliphatic carbocycles. The lowest BCUT2D eigenvalue weighted by atomic mass is 9.89. The summed E-state index contributed by atoms with van der Waals surface area (Å²) in [5.74, 6) is -0.173. The summed E-state index contributed by atoms with van der Waals surface area (Å²) >= 11 is 0. The van der Waals surface area contributed by atoms with Crippen molar-refractivity contribution in [3.8, 4) is 0 Å². The average molecular weight is 254 g/mol. The molecular formula is C12H22N4O2. The molecule has 1 aromatic rings. The maximum atomic E-state index is 11.8. The number of hydrogen-bond acceptors (Lipinski definition) is 4. The number of nitrogens with one attached hydrogen (secondary N) is 1.